The summed E-state index contributed by atoms with van der Waals surface area (Å²) in [4.78, 5) is 11.9. The highest BCUT2D eigenvalue weighted by Crippen LogP contribution is 2.18. The van der Waals surface area contributed by atoms with Gasteiger partial charge in [-0.3, -0.25) is 0 Å². The van der Waals surface area contributed by atoms with Crippen LogP contribution in [0.25, 0.3) is 6.08 Å². The normalized spacial score (nSPS) is 12.4. The van der Waals surface area contributed by atoms with Crippen LogP contribution in [0.1, 0.15) is 23.6 Å². The monoisotopic (exact) mass is 289 g/mol. The summed E-state index contributed by atoms with van der Waals surface area (Å²) in [6.07, 6.45) is 2.53. The van der Waals surface area contributed by atoms with Crippen LogP contribution < -0.4 is 4.72 Å². The van der Waals surface area contributed by atoms with Crippen LogP contribution in [0, 0.1) is 0 Å². The van der Waals surface area contributed by atoms with Crippen molar-refractivity contribution in [3.05, 3.63) is 28.0 Å². The molecule has 0 aliphatic carbocycles. The second-order valence-electron chi connectivity index (χ2n) is 3.89. The minimum Gasteiger partial charge on any atom is -0.478 e. The Morgan fingerprint density at radius 3 is 2.72 bits per heavy atom. The number of sulfonamides is 1. The minimum atomic E-state index is -3.27. The van der Waals surface area contributed by atoms with Crippen molar-refractivity contribution in [3.63, 3.8) is 0 Å². The maximum atomic E-state index is 11.5. The standard InChI is InChI=1S/C11H15NO4S2/c1-8(2)18(15,16)12-7-10-4-3-9(17-10)5-6-11(13)14/h3-6,8,12H,7H2,1-2H3,(H,13,14). The summed E-state index contributed by atoms with van der Waals surface area (Å²) in [5, 5.41) is 8.01. The van der Waals surface area contributed by atoms with E-state index in [2.05, 4.69) is 4.72 Å². The summed E-state index contributed by atoms with van der Waals surface area (Å²) in [7, 11) is -3.27. The van der Waals surface area contributed by atoms with Crippen LogP contribution >= 0.6 is 11.3 Å². The molecule has 1 aromatic rings. The number of hydrogen-bond donors (Lipinski definition) is 2. The maximum absolute atomic E-state index is 11.5. The zero-order chi connectivity index (χ0) is 13.8. The predicted octanol–water partition coefficient (Wildman–Crippen LogP) is 1.67. The number of thiophene rings is 1. The van der Waals surface area contributed by atoms with Crippen LogP contribution in [0.4, 0.5) is 0 Å². The van der Waals surface area contributed by atoms with Crippen LogP contribution in [0.5, 0.6) is 0 Å². The number of carboxylic acids is 1. The van der Waals surface area contributed by atoms with E-state index in [9.17, 15) is 13.2 Å². The molecule has 0 spiro atoms. The summed E-state index contributed by atoms with van der Waals surface area (Å²) in [6.45, 7) is 3.45. The molecule has 5 nitrogen and oxygen atoms in total. The third kappa shape index (κ3) is 4.59. The number of hydrogen-bond acceptors (Lipinski definition) is 4. The van der Waals surface area contributed by atoms with E-state index in [-0.39, 0.29) is 6.54 Å². The Morgan fingerprint density at radius 2 is 2.17 bits per heavy atom. The van der Waals surface area contributed by atoms with Gasteiger partial charge in [-0.25, -0.2) is 17.9 Å². The Balaban J connectivity index is 2.63. The van der Waals surface area contributed by atoms with E-state index in [1.54, 1.807) is 26.0 Å². The van der Waals surface area contributed by atoms with Gasteiger partial charge in [0.2, 0.25) is 10.0 Å². The Kier molecular flexibility index (Phi) is 5.06. The van der Waals surface area contributed by atoms with Crippen molar-refractivity contribution < 1.29 is 18.3 Å². The first-order chi connectivity index (χ1) is 8.31. The van der Waals surface area contributed by atoms with Crippen LogP contribution in [-0.2, 0) is 21.4 Å². The Bertz CT molecular complexity index is 543. The predicted molar refractivity (Wildman–Crippen MR) is 71.9 cm³/mol. The molecular weight excluding hydrogens is 274 g/mol. The van der Waals surface area contributed by atoms with E-state index in [1.165, 1.54) is 17.4 Å². The van der Waals surface area contributed by atoms with E-state index in [0.29, 0.717) is 0 Å². The molecule has 0 saturated heterocycles. The van der Waals surface area contributed by atoms with Gasteiger partial charge in [0.1, 0.15) is 0 Å². The fraction of sp³-hybridized carbons (Fsp3) is 0.364. The van der Waals surface area contributed by atoms with Crippen molar-refractivity contribution in [2.24, 2.45) is 0 Å². The first-order valence-corrected chi connectivity index (χ1v) is 7.66. The molecule has 1 aromatic heterocycles. The zero-order valence-corrected chi connectivity index (χ0v) is 11.7. The van der Waals surface area contributed by atoms with E-state index < -0.39 is 21.2 Å². The Labute approximate surface area is 110 Å². The number of rotatable bonds is 6. The molecule has 0 aliphatic heterocycles. The molecule has 0 amide bonds. The lowest BCUT2D eigenvalue weighted by atomic mass is 10.4. The molecule has 1 heterocycles. The second kappa shape index (κ2) is 6.12. The first-order valence-electron chi connectivity index (χ1n) is 5.29. The molecule has 2 N–H and O–H groups in total. The highest BCUT2D eigenvalue weighted by atomic mass is 32.2. The van der Waals surface area contributed by atoms with Gasteiger partial charge in [-0.15, -0.1) is 11.3 Å². The van der Waals surface area contributed by atoms with Crippen molar-refractivity contribution in [3.8, 4) is 0 Å². The maximum Gasteiger partial charge on any atom is 0.328 e. The van der Waals surface area contributed by atoms with Gasteiger partial charge in [0, 0.05) is 22.4 Å². The molecule has 0 atom stereocenters. The van der Waals surface area contributed by atoms with Crippen molar-refractivity contribution in [2.75, 3.05) is 0 Å². The first kappa shape index (κ1) is 14.9. The van der Waals surface area contributed by atoms with Gasteiger partial charge in [-0.2, -0.15) is 0 Å². The Hall–Kier alpha value is -1.18. The van der Waals surface area contributed by atoms with Crippen LogP contribution in [0.3, 0.4) is 0 Å². The SMILES string of the molecule is CC(C)S(=O)(=O)NCc1ccc(C=CC(=O)O)s1. The van der Waals surface area contributed by atoms with Crippen LogP contribution in [0.15, 0.2) is 18.2 Å². The largest absolute Gasteiger partial charge is 0.478 e. The van der Waals surface area contributed by atoms with E-state index >= 15 is 0 Å². The molecule has 0 unspecified atom stereocenters. The molecule has 0 aromatic carbocycles. The van der Waals surface area contributed by atoms with Gasteiger partial charge < -0.3 is 5.11 Å². The van der Waals surface area contributed by atoms with E-state index in [1.807, 2.05) is 0 Å². The van der Waals surface area contributed by atoms with Gasteiger partial charge in [0.05, 0.1) is 5.25 Å². The molecule has 100 valence electrons. The summed E-state index contributed by atoms with van der Waals surface area (Å²) < 4.78 is 25.5. The molecule has 0 bridgehead atoms. The summed E-state index contributed by atoms with van der Waals surface area (Å²) >= 11 is 1.35. The van der Waals surface area contributed by atoms with Gasteiger partial charge in [0.25, 0.3) is 0 Å². The van der Waals surface area contributed by atoms with Crippen molar-refractivity contribution in [1.29, 1.82) is 0 Å². The molecule has 7 heteroatoms. The summed E-state index contributed by atoms with van der Waals surface area (Å²) in [5.74, 6) is -1.01. The van der Waals surface area contributed by atoms with Crippen LogP contribution in [-0.4, -0.2) is 24.7 Å². The lowest BCUT2D eigenvalue weighted by Gasteiger charge is -2.07. The van der Waals surface area contributed by atoms with Gasteiger partial charge in [-0.05, 0) is 32.1 Å². The molecule has 18 heavy (non-hydrogen) atoms. The van der Waals surface area contributed by atoms with Gasteiger partial charge >= 0.3 is 5.97 Å². The second-order valence-corrected chi connectivity index (χ2v) is 7.41. The highest BCUT2D eigenvalue weighted by Gasteiger charge is 2.15. The van der Waals surface area contributed by atoms with E-state index in [0.717, 1.165) is 15.8 Å². The molecule has 0 saturated carbocycles. The zero-order valence-electron chi connectivity index (χ0n) is 10.1. The van der Waals surface area contributed by atoms with Gasteiger partial charge in [-0.1, -0.05) is 0 Å². The molecule has 0 radical (unpaired) electrons. The third-order valence-electron chi connectivity index (χ3n) is 2.14. The highest BCUT2D eigenvalue weighted by molar-refractivity contribution is 7.90. The number of carboxylic acid groups (broad SMARTS) is 1. The third-order valence-corrected chi connectivity index (χ3v) is 4.98. The topological polar surface area (TPSA) is 83.5 Å². The Morgan fingerprint density at radius 1 is 1.50 bits per heavy atom. The number of nitrogens with one attached hydrogen (secondary N) is 1. The van der Waals surface area contributed by atoms with Crippen LogP contribution in [0.2, 0.25) is 0 Å². The quantitative estimate of drug-likeness (QED) is 0.780. The average Bonchev–Trinajstić information content (AvgIpc) is 2.71. The molecule has 1 rings (SSSR count). The van der Waals surface area contributed by atoms with Crippen molar-refractivity contribution >= 4 is 33.4 Å². The molecular formula is C11H15NO4S2. The minimum absolute atomic E-state index is 0.228. The fourth-order valence-electron chi connectivity index (χ4n) is 1.07. The lowest BCUT2D eigenvalue weighted by Crippen LogP contribution is -2.29. The van der Waals surface area contributed by atoms with Gasteiger partial charge in [0.15, 0.2) is 0 Å². The molecule has 0 fully saturated rings. The summed E-state index contributed by atoms with van der Waals surface area (Å²) in [5.41, 5.74) is 0. The van der Waals surface area contributed by atoms with Crippen molar-refractivity contribution in [1.82, 2.24) is 4.72 Å². The summed E-state index contributed by atoms with van der Waals surface area (Å²) in [6, 6.07) is 3.53. The number of carbonyl (C=O) groups is 1. The average molecular weight is 289 g/mol. The lowest BCUT2D eigenvalue weighted by molar-refractivity contribution is -0.131. The van der Waals surface area contributed by atoms with E-state index in [4.69, 9.17) is 5.11 Å². The number of aliphatic carboxylic acids is 1. The molecule has 0 aliphatic rings. The smallest absolute Gasteiger partial charge is 0.328 e. The van der Waals surface area contributed by atoms with Crippen molar-refractivity contribution in [2.45, 2.75) is 25.6 Å². The fourth-order valence-corrected chi connectivity index (χ4v) is 2.71.